The standard InChI is InChI=1S/C18H30N2O11P2.C15H24N2O10P2/c1-9(2)33(26,27)31-14-13(11-7-12(11)32(23,24)25)30-17(15(14)29-6-5-28-4)20-8-10(3)16(21)19-18(20)22;1-7(2)29(23,24)27-12-11(8-6-9(8)28(20,21)22)26-14(13(12)25-3)17-5-4-10(18)16-15(17)19/h8-9,11-15,17H,5-7H2,1-4H3,(H,26,27)(H,19,21,22)(H2,23,24,25);4-5,7-9,11-14H,6H2,1-3H3,(H,23,24)(H,16,18,19)(H2,20,21,22)/p-2. The van der Waals surface area contributed by atoms with E-state index in [2.05, 4.69) is 9.97 Å². The van der Waals surface area contributed by atoms with Gasteiger partial charge in [-0.2, -0.15) is 0 Å². The van der Waals surface area contributed by atoms with E-state index in [0.717, 1.165) is 15.2 Å². The summed E-state index contributed by atoms with van der Waals surface area (Å²) in [5, 5.41) is 0. The number of aryl methyl sites for hydroxylation is 1. The molecule has 2 aromatic heterocycles. The SMILES string of the molecule is COC1C(OP(=O)([O-])C(C)C)C(C2CC2P(=O)(O)O)OC1n1ccc(=O)[nH]c1=O.COCCOC1C(OP(=O)([O-])C(C)C)C(C2CC2P(=O)(O)O)OC1n1cc(C)c(=O)[nH]c1=O. The summed E-state index contributed by atoms with van der Waals surface area (Å²) in [6.07, 6.45) is -6.60. The zero-order chi connectivity index (χ0) is 46.4. The molecule has 29 heteroatoms. The van der Waals surface area contributed by atoms with Crippen molar-refractivity contribution >= 4 is 30.4 Å². The van der Waals surface area contributed by atoms with E-state index in [4.69, 9.17) is 32.7 Å². The average molecular weight is 965 g/mol. The van der Waals surface area contributed by atoms with Gasteiger partial charge in [0.2, 0.25) is 0 Å². The summed E-state index contributed by atoms with van der Waals surface area (Å²) in [4.78, 5) is 115. The summed E-state index contributed by atoms with van der Waals surface area (Å²) < 4.78 is 89.4. The van der Waals surface area contributed by atoms with Crippen LogP contribution in [0.2, 0.25) is 0 Å². The van der Waals surface area contributed by atoms with E-state index in [1.54, 1.807) is 0 Å². The Kier molecular flexibility index (Phi) is 15.8. The minimum atomic E-state index is -4.45. The Balaban J connectivity index is 0.000000236. The highest BCUT2D eigenvalue weighted by Gasteiger charge is 2.63. The molecule has 0 aromatic carbocycles. The van der Waals surface area contributed by atoms with Gasteiger partial charge in [-0.05, 0) is 19.8 Å². The van der Waals surface area contributed by atoms with Gasteiger partial charge < -0.3 is 71.2 Å². The minimum Gasteiger partial charge on any atom is -0.778 e. The zero-order valence-electron chi connectivity index (χ0n) is 34.6. The number of nitrogens with zero attached hydrogens (tertiary/aromatic N) is 2. The van der Waals surface area contributed by atoms with Gasteiger partial charge in [0, 0.05) is 61.4 Å². The van der Waals surface area contributed by atoms with Crippen molar-refractivity contribution in [3.05, 3.63) is 65.7 Å². The lowest BCUT2D eigenvalue weighted by Gasteiger charge is -2.34. The molecule has 4 aliphatic rings. The molecule has 25 nitrogen and oxygen atoms in total. The monoisotopic (exact) mass is 964 g/mol. The van der Waals surface area contributed by atoms with Gasteiger partial charge in [0.15, 0.2) is 12.5 Å². The molecular formula is C33H52N4O21P4-2. The van der Waals surface area contributed by atoms with Crippen molar-refractivity contribution in [3.8, 4) is 0 Å². The van der Waals surface area contributed by atoms with Gasteiger partial charge in [0.05, 0.1) is 36.7 Å². The van der Waals surface area contributed by atoms with Crippen molar-refractivity contribution in [2.24, 2.45) is 11.8 Å². The van der Waals surface area contributed by atoms with Crippen molar-refractivity contribution in [1.29, 1.82) is 0 Å². The molecule has 2 aliphatic carbocycles. The lowest BCUT2D eigenvalue weighted by Crippen LogP contribution is -2.42. The van der Waals surface area contributed by atoms with Gasteiger partial charge in [-0.1, -0.05) is 27.7 Å². The van der Waals surface area contributed by atoms with Crippen molar-refractivity contribution in [2.45, 2.75) is 119 Å². The molecule has 0 spiro atoms. The number of ether oxygens (including phenoxy) is 5. The maximum atomic E-state index is 12.6. The summed E-state index contributed by atoms with van der Waals surface area (Å²) in [5.41, 5.74) is -6.39. The van der Waals surface area contributed by atoms with Crippen LogP contribution in [0.15, 0.2) is 37.6 Å². The summed E-state index contributed by atoms with van der Waals surface area (Å²) >= 11 is 0. The molecule has 2 aromatic rings. The van der Waals surface area contributed by atoms with E-state index in [1.807, 2.05) is 0 Å². The lowest BCUT2D eigenvalue weighted by atomic mass is 10.1. The molecular weight excluding hydrogens is 912 g/mol. The van der Waals surface area contributed by atoms with Crippen LogP contribution in [-0.4, -0.2) is 125 Å². The quantitative estimate of drug-likeness (QED) is 0.0822. The second kappa shape index (κ2) is 19.3. The molecule has 4 fully saturated rings. The van der Waals surface area contributed by atoms with E-state index >= 15 is 0 Å². The van der Waals surface area contributed by atoms with E-state index in [1.165, 1.54) is 61.2 Å². The first-order valence-corrected chi connectivity index (χ1v) is 25.9. The van der Waals surface area contributed by atoms with E-state index in [0.29, 0.717) is 0 Å². The first-order valence-electron chi connectivity index (χ1n) is 19.3. The molecule has 14 unspecified atom stereocenters. The van der Waals surface area contributed by atoms with Gasteiger partial charge in [-0.3, -0.25) is 37.8 Å². The Hall–Kier alpha value is -2.24. The number of H-pyrrole nitrogens is 2. The number of nitrogens with one attached hydrogen (secondary N) is 2. The Morgan fingerprint density at radius 2 is 1.21 bits per heavy atom. The van der Waals surface area contributed by atoms with Crippen LogP contribution < -0.4 is 32.3 Å². The van der Waals surface area contributed by atoms with Gasteiger partial charge in [0.1, 0.15) is 39.6 Å². The molecule has 0 radical (unpaired) electrons. The third-order valence-corrected chi connectivity index (χ3v) is 17.5. The van der Waals surface area contributed by atoms with E-state index < -0.39 is 136 Å². The molecule has 352 valence electrons. The largest absolute Gasteiger partial charge is 0.778 e. The number of aromatic amines is 2. The minimum absolute atomic E-state index is 0.00210. The first kappa shape index (κ1) is 50.8. The van der Waals surface area contributed by atoms with Crippen LogP contribution in [0.25, 0.3) is 0 Å². The maximum Gasteiger partial charge on any atom is 0.330 e. The molecule has 4 heterocycles. The summed E-state index contributed by atoms with van der Waals surface area (Å²) in [6, 6.07) is 1.09. The van der Waals surface area contributed by atoms with Crippen LogP contribution in [0, 0.1) is 18.8 Å². The van der Waals surface area contributed by atoms with Gasteiger partial charge in [-0.15, -0.1) is 0 Å². The van der Waals surface area contributed by atoms with Gasteiger partial charge in [0.25, 0.3) is 11.1 Å². The Labute approximate surface area is 353 Å². The predicted molar refractivity (Wildman–Crippen MR) is 211 cm³/mol. The van der Waals surface area contributed by atoms with Crippen LogP contribution in [0.3, 0.4) is 0 Å². The number of hydrogen-bond acceptors (Lipinski definition) is 17. The molecule has 14 atom stereocenters. The van der Waals surface area contributed by atoms with Crippen molar-refractivity contribution < 1.29 is 80.4 Å². The predicted octanol–water partition coefficient (Wildman–Crippen LogP) is -0.951. The molecule has 2 saturated carbocycles. The zero-order valence-corrected chi connectivity index (χ0v) is 38.1. The van der Waals surface area contributed by atoms with Gasteiger partial charge >= 0.3 is 26.6 Å². The molecule has 62 heavy (non-hydrogen) atoms. The van der Waals surface area contributed by atoms with Crippen molar-refractivity contribution in [1.82, 2.24) is 19.1 Å². The lowest BCUT2D eigenvalue weighted by molar-refractivity contribution is -0.210. The van der Waals surface area contributed by atoms with E-state index in [-0.39, 0.29) is 31.6 Å². The molecule has 2 saturated heterocycles. The molecule has 6 N–H and O–H groups in total. The van der Waals surface area contributed by atoms with Crippen LogP contribution >= 0.6 is 30.4 Å². The van der Waals surface area contributed by atoms with Crippen molar-refractivity contribution in [2.75, 3.05) is 27.4 Å². The van der Waals surface area contributed by atoms with Crippen LogP contribution in [-0.2, 0) is 51.0 Å². The Bertz CT molecular complexity index is 2360. The maximum absolute atomic E-state index is 12.6. The molecule has 0 bridgehead atoms. The first-order chi connectivity index (χ1) is 28.6. The fourth-order valence-corrected chi connectivity index (χ4v) is 11.3. The van der Waals surface area contributed by atoms with Crippen LogP contribution in [0.1, 0.15) is 58.6 Å². The molecule has 2 aliphatic heterocycles. The second-order valence-electron chi connectivity index (χ2n) is 16.0. The highest BCUT2D eigenvalue weighted by Crippen LogP contribution is 2.64. The average Bonchev–Trinajstić information content (AvgIpc) is 4.07. The summed E-state index contributed by atoms with van der Waals surface area (Å²) in [6.45, 7) is 7.35. The number of aromatic nitrogens is 4. The fourth-order valence-electron chi connectivity index (χ4n) is 7.27. The fraction of sp³-hybridized carbons (Fsp3) is 0.758. The molecule has 6 rings (SSSR count). The van der Waals surface area contributed by atoms with Crippen molar-refractivity contribution in [3.63, 3.8) is 0 Å². The van der Waals surface area contributed by atoms with Crippen LogP contribution in [0.4, 0.5) is 0 Å². The van der Waals surface area contributed by atoms with E-state index in [9.17, 15) is 66.8 Å². The van der Waals surface area contributed by atoms with Crippen LogP contribution in [0.5, 0.6) is 0 Å². The normalized spacial score (nSPS) is 32.9. The number of rotatable bonds is 17. The Morgan fingerprint density at radius 3 is 1.63 bits per heavy atom. The summed E-state index contributed by atoms with van der Waals surface area (Å²) in [5.74, 6) is -1.38. The smallest absolute Gasteiger partial charge is 0.330 e. The second-order valence-corrected chi connectivity index (χ2v) is 24.4. The molecule has 0 amide bonds. The number of methoxy groups -OCH3 is 2. The highest BCUT2D eigenvalue weighted by atomic mass is 31.2. The number of hydrogen-bond donors (Lipinski definition) is 6. The highest BCUT2D eigenvalue weighted by molar-refractivity contribution is 7.53. The third kappa shape index (κ3) is 11.4. The topological polar surface area (TPSA) is 370 Å². The Morgan fingerprint density at radius 1 is 0.742 bits per heavy atom. The van der Waals surface area contributed by atoms with Gasteiger partial charge in [-0.25, -0.2) is 9.59 Å². The summed E-state index contributed by atoms with van der Waals surface area (Å²) in [7, 11) is -14.9. The third-order valence-electron chi connectivity index (χ3n) is 11.0.